The van der Waals surface area contributed by atoms with E-state index in [1.54, 1.807) is 72.8 Å². The first-order chi connectivity index (χ1) is 20.9. The van der Waals surface area contributed by atoms with Gasteiger partial charge in [0.25, 0.3) is 0 Å². The molecule has 0 amide bonds. The molecule has 0 bridgehead atoms. The summed E-state index contributed by atoms with van der Waals surface area (Å²) >= 11 is 0. The first kappa shape index (κ1) is 30.4. The van der Waals surface area contributed by atoms with Crippen LogP contribution in [0.2, 0.25) is 0 Å². The van der Waals surface area contributed by atoms with Crippen molar-refractivity contribution in [2.24, 2.45) is 0 Å². The molecule has 4 aromatic rings. The molecule has 4 aromatic carbocycles. The molecule has 4 rings (SSSR count). The van der Waals surface area contributed by atoms with Crippen molar-refractivity contribution in [1.29, 1.82) is 0 Å². The van der Waals surface area contributed by atoms with E-state index in [0.717, 1.165) is 0 Å². The molecular formula is C34H28O9. The zero-order valence-corrected chi connectivity index (χ0v) is 23.1. The van der Waals surface area contributed by atoms with Gasteiger partial charge in [0.2, 0.25) is 0 Å². The first-order valence-electron chi connectivity index (χ1n) is 13.4. The first-order valence-corrected chi connectivity index (χ1v) is 13.4. The zero-order valence-electron chi connectivity index (χ0n) is 23.1. The molecule has 0 aliphatic carbocycles. The normalized spacial score (nSPS) is 13.3. The number of hydrogen-bond donors (Lipinski definition) is 0. The summed E-state index contributed by atoms with van der Waals surface area (Å²) in [5.74, 6) is -3.39. The molecular weight excluding hydrogens is 552 g/mol. The fraction of sp³-hybridized carbons (Fsp3) is 0.147. The second kappa shape index (κ2) is 14.9. The zero-order chi connectivity index (χ0) is 30.6. The third kappa shape index (κ3) is 8.23. The summed E-state index contributed by atoms with van der Waals surface area (Å²) in [7, 11) is 0. The van der Waals surface area contributed by atoms with Crippen LogP contribution in [0.15, 0.2) is 121 Å². The van der Waals surface area contributed by atoms with Crippen molar-refractivity contribution in [3.63, 3.8) is 0 Å². The van der Waals surface area contributed by atoms with Crippen LogP contribution in [0.5, 0.6) is 0 Å². The Kier molecular flexibility index (Phi) is 10.5. The second-order valence-electron chi connectivity index (χ2n) is 9.32. The molecule has 0 radical (unpaired) electrons. The average molecular weight is 581 g/mol. The Labute approximate surface area is 248 Å². The lowest BCUT2D eigenvalue weighted by atomic mass is 10.0. The van der Waals surface area contributed by atoms with Gasteiger partial charge in [-0.05, 0) is 55.5 Å². The van der Waals surface area contributed by atoms with E-state index in [1.807, 2.05) is 0 Å². The number of ether oxygens (including phenoxy) is 4. The van der Waals surface area contributed by atoms with E-state index in [1.165, 1.54) is 55.5 Å². The van der Waals surface area contributed by atoms with Crippen LogP contribution in [0.4, 0.5) is 0 Å². The van der Waals surface area contributed by atoms with Crippen molar-refractivity contribution < 1.29 is 42.9 Å². The predicted octanol–water partition coefficient (Wildman–Crippen LogP) is 5.11. The van der Waals surface area contributed by atoms with Crippen molar-refractivity contribution in [2.45, 2.75) is 31.3 Å². The summed E-state index contributed by atoms with van der Waals surface area (Å²) in [5.41, 5.74) is 0.603. The molecule has 9 nitrogen and oxygen atoms in total. The monoisotopic (exact) mass is 580 g/mol. The van der Waals surface area contributed by atoms with Gasteiger partial charge in [-0.15, -0.1) is 0 Å². The quantitative estimate of drug-likeness (QED) is 0.128. The minimum absolute atomic E-state index is 0.119. The summed E-state index contributed by atoms with van der Waals surface area (Å²) in [6, 6.07) is 31.7. The van der Waals surface area contributed by atoms with Crippen LogP contribution in [0.3, 0.4) is 0 Å². The maximum absolute atomic E-state index is 13.2. The summed E-state index contributed by atoms with van der Waals surface area (Å²) in [5, 5.41) is 0. The highest BCUT2D eigenvalue weighted by molar-refractivity contribution is 5.92. The molecule has 218 valence electrons. The molecule has 4 atom stereocenters. The van der Waals surface area contributed by atoms with Crippen molar-refractivity contribution in [3.05, 3.63) is 144 Å². The lowest BCUT2D eigenvalue weighted by molar-refractivity contribution is -0.137. The molecule has 0 unspecified atom stereocenters. The van der Waals surface area contributed by atoms with Gasteiger partial charge in [-0.25, -0.2) is 19.2 Å². The Bertz CT molecular complexity index is 1520. The van der Waals surface area contributed by atoms with Gasteiger partial charge in [0.05, 0.1) is 22.3 Å². The van der Waals surface area contributed by atoms with Crippen molar-refractivity contribution in [2.75, 3.05) is 0 Å². The highest BCUT2D eigenvalue weighted by Crippen LogP contribution is 2.22. The molecule has 0 aromatic heterocycles. The van der Waals surface area contributed by atoms with E-state index in [9.17, 15) is 24.0 Å². The topological polar surface area (TPSA) is 122 Å². The van der Waals surface area contributed by atoms with Crippen LogP contribution in [0.1, 0.15) is 48.4 Å². The number of aldehydes is 1. The lowest BCUT2D eigenvalue weighted by Gasteiger charge is -2.33. The van der Waals surface area contributed by atoms with E-state index >= 15 is 0 Å². The minimum Gasteiger partial charge on any atom is -0.455 e. The van der Waals surface area contributed by atoms with Crippen molar-refractivity contribution >= 4 is 30.2 Å². The third-order valence-electron chi connectivity index (χ3n) is 6.30. The average Bonchev–Trinajstić information content (AvgIpc) is 3.06. The maximum atomic E-state index is 13.2. The van der Waals surface area contributed by atoms with Crippen LogP contribution >= 0.6 is 0 Å². The van der Waals surface area contributed by atoms with E-state index in [-0.39, 0.29) is 28.5 Å². The number of esters is 4. The number of benzene rings is 4. The van der Waals surface area contributed by atoms with Gasteiger partial charge in [-0.3, -0.25) is 4.79 Å². The fourth-order valence-electron chi connectivity index (χ4n) is 4.10. The van der Waals surface area contributed by atoms with Gasteiger partial charge >= 0.3 is 23.9 Å². The molecule has 0 saturated carbocycles. The molecule has 43 heavy (non-hydrogen) atoms. The molecule has 0 aliphatic heterocycles. The Morgan fingerprint density at radius 1 is 0.465 bits per heavy atom. The van der Waals surface area contributed by atoms with Gasteiger partial charge in [-0.2, -0.15) is 0 Å². The Balaban J connectivity index is 1.72. The predicted molar refractivity (Wildman–Crippen MR) is 154 cm³/mol. The highest BCUT2D eigenvalue weighted by Gasteiger charge is 2.43. The molecule has 0 N–H and O–H groups in total. The Morgan fingerprint density at radius 3 is 1.12 bits per heavy atom. The maximum Gasteiger partial charge on any atom is 0.338 e. The van der Waals surface area contributed by atoms with Gasteiger partial charge < -0.3 is 18.9 Å². The molecule has 0 saturated heterocycles. The lowest BCUT2D eigenvalue weighted by Crippen LogP contribution is -2.51. The Hall–Kier alpha value is -5.57. The standard InChI is InChI=1S/C34H28O9/c1-23(40-31(36)24-14-6-2-7-15-24)29(42-33(38)26-18-10-4-11-19-26)30(43-34(39)27-20-12-5-13-21-27)28(22-35)41-32(37)25-16-8-3-9-17-25/h2-23,28-30H,1H3/t23-,28+,29+,30-/m1/s1. The van der Waals surface area contributed by atoms with E-state index in [2.05, 4.69) is 0 Å². The summed E-state index contributed by atoms with van der Waals surface area (Å²) in [6.45, 7) is 1.41. The fourth-order valence-corrected chi connectivity index (χ4v) is 4.10. The number of rotatable bonds is 12. The molecule has 0 heterocycles. The highest BCUT2D eigenvalue weighted by atomic mass is 16.6. The number of hydrogen-bond acceptors (Lipinski definition) is 9. The smallest absolute Gasteiger partial charge is 0.338 e. The molecule has 9 heteroatoms. The van der Waals surface area contributed by atoms with Crippen LogP contribution in [-0.2, 0) is 23.7 Å². The summed E-state index contributed by atoms with van der Waals surface area (Å²) in [6.07, 6.45) is -6.09. The number of carbonyl (C=O) groups is 5. The van der Waals surface area contributed by atoms with Crippen LogP contribution in [-0.4, -0.2) is 54.6 Å². The second-order valence-corrected chi connectivity index (χ2v) is 9.32. The molecule has 0 aliphatic rings. The van der Waals surface area contributed by atoms with Crippen LogP contribution in [0.25, 0.3) is 0 Å². The van der Waals surface area contributed by atoms with Crippen LogP contribution in [0, 0.1) is 0 Å². The molecule has 0 spiro atoms. The van der Waals surface area contributed by atoms with Gasteiger partial charge in [-0.1, -0.05) is 72.8 Å². The van der Waals surface area contributed by atoms with Gasteiger partial charge in [0.15, 0.2) is 24.6 Å². The van der Waals surface area contributed by atoms with E-state index < -0.39 is 48.3 Å². The van der Waals surface area contributed by atoms with E-state index in [0.29, 0.717) is 0 Å². The SMILES string of the molecule is C[C@@H](OC(=O)c1ccccc1)[C@H](OC(=O)c1ccccc1)[C@H](OC(=O)c1ccccc1)[C@H](C=O)OC(=O)c1ccccc1. The molecule has 0 fully saturated rings. The van der Waals surface area contributed by atoms with Crippen LogP contribution < -0.4 is 0 Å². The van der Waals surface area contributed by atoms with E-state index in [4.69, 9.17) is 18.9 Å². The largest absolute Gasteiger partial charge is 0.455 e. The summed E-state index contributed by atoms with van der Waals surface area (Å²) < 4.78 is 22.6. The summed E-state index contributed by atoms with van der Waals surface area (Å²) in [4.78, 5) is 64.8. The Morgan fingerprint density at radius 2 is 0.767 bits per heavy atom. The van der Waals surface area contributed by atoms with Crippen molar-refractivity contribution in [3.8, 4) is 0 Å². The van der Waals surface area contributed by atoms with Gasteiger partial charge in [0, 0.05) is 0 Å². The minimum atomic E-state index is -1.76. The van der Waals surface area contributed by atoms with Gasteiger partial charge in [0.1, 0.15) is 6.10 Å². The van der Waals surface area contributed by atoms with Crippen molar-refractivity contribution in [1.82, 2.24) is 0 Å². The third-order valence-corrected chi connectivity index (χ3v) is 6.30. The number of carbonyl (C=O) groups excluding carboxylic acids is 5.